The van der Waals surface area contributed by atoms with Crippen LogP contribution >= 0.6 is 22.6 Å². The average Bonchev–Trinajstić information content (AvgIpc) is 1.84. The Morgan fingerprint density at radius 2 is 1.67 bits per heavy atom. The SMILES string of the molecule is CCC(C)(I)NCCC(C)(C)C. The molecule has 0 fully saturated rings. The molecule has 0 saturated heterocycles. The van der Waals surface area contributed by atoms with Crippen LogP contribution in [0.2, 0.25) is 0 Å². The van der Waals surface area contributed by atoms with Crippen LogP contribution in [-0.2, 0) is 0 Å². The van der Waals surface area contributed by atoms with Gasteiger partial charge in [0.15, 0.2) is 0 Å². The first-order valence-electron chi connectivity index (χ1n) is 4.71. The van der Waals surface area contributed by atoms with E-state index in [0.717, 1.165) is 6.54 Å². The third-order valence-corrected chi connectivity index (χ3v) is 3.18. The molecule has 0 aliphatic carbocycles. The van der Waals surface area contributed by atoms with Crippen molar-refractivity contribution in [2.75, 3.05) is 6.54 Å². The number of hydrogen-bond acceptors (Lipinski definition) is 1. The molecule has 1 nitrogen and oxygen atoms in total. The monoisotopic (exact) mass is 283 g/mol. The van der Waals surface area contributed by atoms with Gasteiger partial charge in [-0.05, 0) is 31.7 Å². The second kappa shape index (κ2) is 4.80. The number of hydrogen-bond donors (Lipinski definition) is 1. The van der Waals surface area contributed by atoms with Crippen LogP contribution in [0, 0.1) is 5.41 Å². The third kappa shape index (κ3) is 7.35. The molecule has 0 aromatic heterocycles. The zero-order valence-corrected chi connectivity index (χ0v) is 11.2. The van der Waals surface area contributed by atoms with Crippen molar-refractivity contribution < 1.29 is 0 Å². The van der Waals surface area contributed by atoms with E-state index in [2.05, 4.69) is 62.5 Å². The molecule has 0 spiro atoms. The van der Waals surface area contributed by atoms with Gasteiger partial charge in [0.05, 0.1) is 3.55 Å². The molecule has 0 aliphatic heterocycles. The standard InChI is InChI=1S/C10H22IN/c1-6-10(5,11)12-8-7-9(2,3)4/h12H,6-8H2,1-5H3. The molecule has 0 aromatic carbocycles. The summed E-state index contributed by atoms with van der Waals surface area (Å²) in [5.74, 6) is 0. The van der Waals surface area contributed by atoms with E-state index < -0.39 is 0 Å². The van der Waals surface area contributed by atoms with Crippen LogP contribution < -0.4 is 5.32 Å². The van der Waals surface area contributed by atoms with Gasteiger partial charge in [0.2, 0.25) is 0 Å². The maximum Gasteiger partial charge on any atom is 0.0674 e. The molecule has 1 unspecified atom stereocenters. The summed E-state index contributed by atoms with van der Waals surface area (Å²) in [6.07, 6.45) is 2.42. The Morgan fingerprint density at radius 3 is 2.00 bits per heavy atom. The molecule has 0 saturated carbocycles. The quantitative estimate of drug-likeness (QED) is 0.472. The Bertz CT molecular complexity index is 124. The minimum absolute atomic E-state index is 0.281. The summed E-state index contributed by atoms with van der Waals surface area (Å²) in [5, 5.41) is 3.55. The molecule has 1 N–H and O–H groups in total. The Labute approximate surface area is 90.8 Å². The largest absolute Gasteiger partial charge is 0.303 e. The first-order chi connectivity index (χ1) is 5.27. The molecular weight excluding hydrogens is 261 g/mol. The second-order valence-corrected chi connectivity index (χ2v) is 7.17. The zero-order chi connectivity index (χ0) is 9.83. The van der Waals surface area contributed by atoms with Gasteiger partial charge in [-0.1, -0.05) is 50.3 Å². The Hall–Kier alpha value is 0.690. The first-order valence-corrected chi connectivity index (χ1v) is 5.79. The molecule has 74 valence electrons. The molecule has 0 aliphatic rings. The van der Waals surface area contributed by atoms with Crippen LogP contribution in [0.5, 0.6) is 0 Å². The second-order valence-electron chi connectivity index (χ2n) is 4.79. The maximum absolute atomic E-state index is 3.55. The van der Waals surface area contributed by atoms with Crippen LogP contribution in [0.3, 0.4) is 0 Å². The molecule has 2 heteroatoms. The molecule has 0 heterocycles. The van der Waals surface area contributed by atoms with Gasteiger partial charge in [-0.3, -0.25) is 0 Å². The van der Waals surface area contributed by atoms with Gasteiger partial charge in [-0.25, -0.2) is 0 Å². The van der Waals surface area contributed by atoms with Gasteiger partial charge < -0.3 is 5.32 Å². The highest BCUT2D eigenvalue weighted by molar-refractivity contribution is 14.1. The van der Waals surface area contributed by atoms with Gasteiger partial charge in [0.1, 0.15) is 0 Å². The van der Waals surface area contributed by atoms with Crippen molar-refractivity contribution in [3.05, 3.63) is 0 Å². The van der Waals surface area contributed by atoms with Gasteiger partial charge in [-0.2, -0.15) is 0 Å². The van der Waals surface area contributed by atoms with E-state index in [-0.39, 0.29) is 3.55 Å². The van der Waals surface area contributed by atoms with Crippen molar-refractivity contribution in [1.82, 2.24) is 5.32 Å². The molecular formula is C10H22IN. The number of rotatable bonds is 4. The Balaban J connectivity index is 3.57. The number of nitrogens with one attached hydrogen (secondary N) is 1. The minimum Gasteiger partial charge on any atom is -0.303 e. The summed E-state index contributed by atoms with van der Waals surface area (Å²) < 4.78 is 0.281. The lowest BCUT2D eigenvalue weighted by atomic mass is 9.92. The van der Waals surface area contributed by atoms with Crippen molar-refractivity contribution in [1.29, 1.82) is 0 Å². The van der Waals surface area contributed by atoms with E-state index in [4.69, 9.17) is 0 Å². The molecule has 12 heavy (non-hydrogen) atoms. The van der Waals surface area contributed by atoms with Gasteiger partial charge in [-0.15, -0.1) is 0 Å². The highest BCUT2D eigenvalue weighted by Crippen LogP contribution is 2.21. The predicted molar refractivity (Wildman–Crippen MR) is 64.8 cm³/mol. The Kier molecular flexibility index (Phi) is 5.07. The van der Waals surface area contributed by atoms with Crippen LogP contribution in [0.25, 0.3) is 0 Å². The van der Waals surface area contributed by atoms with Crippen molar-refractivity contribution in [2.45, 2.75) is 51.0 Å². The number of halogens is 1. The van der Waals surface area contributed by atoms with E-state index in [1.54, 1.807) is 0 Å². The van der Waals surface area contributed by atoms with E-state index in [9.17, 15) is 0 Å². The van der Waals surface area contributed by atoms with Crippen molar-refractivity contribution in [3.63, 3.8) is 0 Å². The van der Waals surface area contributed by atoms with Gasteiger partial charge >= 0.3 is 0 Å². The summed E-state index contributed by atoms with van der Waals surface area (Å²) in [6.45, 7) is 12.4. The predicted octanol–water partition coefficient (Wildman–Crippen LogP) is 3.57. The van der Waals surface area contributed by atoms with Crippen LogP contribution in [0.1, 0.15) is 47.5 Å². The van der Waals surface area contributed by atoms with E-state index in [1.165, 1.54) is 12.8 Å². The Morgan fingerprint density at radius 1 is 1.17 bits per heavy atom. The van der Waals surface area contributed by atoms with Gasteiger partial charge in [0, 0.05) is 0 Å². The van der Waals surface area contributed by atoms with Crippen molar-refractivity contribution in [3.8, 4) is 0 Å². The van der Waals surface area contributed by atoms with Crippen molar-refractivity contribution >= 4 is 22.6 Å². The molecule has 1 atom stereocenters. The summed E-state index contributed by atoms with van der Waals surface area (Å²) >= 11 is 2.48. The summed E-state index contributed by atoms with van der Waals surface area (Å²) in [5.41, 5.74) is 0.452. The lowest BCUT2D eigenvalue weighted by molar-refractivity contribution is 0.352. The summed E-state index contributed by atoms with van der Waals surface area (Å²) in [4.78, 5) is 0. The fraction of sp³-hybridized carbons (Fsp3) is 1.00. The maximum atomic E-state index is 3.55. The molecule has 0 amide bonds. The minimum atomic E-state index is 0.281. The van der Waals surface area contributed by atoms with E-state index in [0.29, 0.717) is 5.41 Å². The zero-order valence-electron chi connectivity index (χ0n) is 9.00. The summed E-state index contributed by atoms with van der Waals surface area (Å²) in [7, 11) is 0. The van der Waals surface area contributed by atoms with Crippen LogP contribution in [0.4, 0.5) is 0 Å². The average molecular weight is 283 g/mol. The topological polar surface area (TPSA) is 12.0 Å². The summed E-state index contributed by atoms with van der Waals surface area (Å²) in [6, 6.07) is 0. The fourth-order valence-electron chi connectivity index (χ4n) is 0.823. The fourth-order valence-corrected chi connectivity index (χ4v) is 1.09. The first kappa shape index (κ1) is 12.7. The highest BCUT2D eigenvalue weighted by atomic mass is 127. The molecule has 0 rings (SSSR count). The normalized spacial score (nSPS) is 17.5. The smallest absolute Gasteiger partial charge is 0.0674 e. The molecule has 0 aromatic rings. The molecule has 0 radical (unpaired) electrons. The van der Waals surface area contributed by atoms with Crippen LogP contribution in [-0.4, -0.2) is 10.1 Å². The van der Waals surface area contributed by atoms with E-state index >= 15 is 0 Å². The van der Waals surface area contributed by atoms with E-state index in [1.807, 2.05) is 0 Å². The lowest BCUT2D eigenvalue weighted by Gasteiger charge is -2.25. The third-order valence-electron chi connectivity index (χ3n) is 2.03. The lowest BCUT2D eigenvalue weighted by Crippen LogP contribution is -2.37. The van der Waals surface area contributed by atoms with Crippen LogP contribution in [0.15, 0.2) is 0 Å². The number of alkyl halides is 1. The van der Waals surface area contributed by atoms with Crippen molar-refractivity contribution in [2.24, 2.45) is 5.41 Å². The highest BCUT2D eigenvalue weighted by Gasteiger charge is 2.17. The molecule has 0 bridgehead atoms. The van der Waals surface area contributed by atoms with Gasteiger partial charge in [0.25, 0.3) is 0 Å².